The molecule has 2 aromatic carbocycles. The van der Waals surface area contributed by atoms with Gasteiger partial charge in [-0.15, -0.1) is 0 Å². The third-order valence-electron chi connectivity index (χ3n) is 3.95. The molecule has 1 aromatic heterocycles. The Balaban J connectivity index is 1.74. The molecule has 0 fully saturated rings. The van der Waals surface area contributed by atoms with Gasteiger partial charge in [0.1, 0.15) is 17.3 Å². The molecule has 0 aliphatic rings. The van der Waals surface area contributed by atoms with Gasteiger partial charge in [0.15, 0.2) is 6.10 Å². The molecule has 1 heterocycles. The lowest BCUT2D eigenvalue weighted by Crippen LogP contribution is -2.30. The summed E-state index contributed by atoms with van der Waals surface area (Å²) in [4.78, 5) is 28.9. The third kappa shape index (κ3) is 5.46. The summed E-state index contributed by atoms with van der Waals surface area (Å²) in [6.45, 7) is 1.51. The molecule has 0 bridgehead atoms. The average Bonchev–Trinajstić information content (AvgIpc) is 2.72. The molecule has 9 heteroatoms. The van der Waals surface area contributed by atoms with E-state index in [0.717, 1.165) is 12.1 Å². The van der Waals surface area contributed by atoms with E-state index in [1.807, 2.05) is 0 Å². The first-order valence-electron chi connectivity index (χ1n) is 8.78. The topological polar surface area (TPSA) is 80.3 Å². The van der Waals surface area contributed by atoms with Crippen molar-refractivity contribution in [1.82, 2.24) is 4.98 Å². The summed E-state index contributed by atoms with van der Waals surface area (Å²) in [5.41, 5.74) is 0.451. The van der Waals surface area contributed by atoms with Crippen molar-refractivity contribution in [3.05, 3.63) is 82.4 Å². The molecule has 0 aliphatic heterocycles. The highest BCUT2D eigenvalue weighted by Crippen LogP contribution is 2.29. The molecule has 2 N–H and O–H groups in total. The monoisotopic (exact) mass is 447 g/mol. The van der Waals surface area contributed by atoms with Crippen LogP contribution < -0.4 is 15.4 Å². The van der Waals surface area contributed by atoms with Gasteiger partial charge in [-0.25, -0.2) is 4.39 Å². The zero-order valence-corrected chi connectivity index (χ0v) is 17.2. The molecule has 0 saturated heterocycles. The van der Waals surface area contributed by atoms with Crippen LogP contribution in [-0.2, 0) is 4.79 Å². The maximum atomic E-state index is 13.8. The van der Waals surface area contributed by atoms with Gasteiger partial charge in [0.05, 0.1) is 16.4 Å². The second kappa shape index (κ2) is 9.56. The zero-order valence-electron chi connectivity index (χ0n) is 15.7. The lowest BCUT2D eigenvalue weighted by Gasteiger charge is -2.17. The van der Waals surface area contributed by atoms with E-state index in [9.17, 15) is 14.0 Å². The standard InChI is InChI=1S/C21H16Cl2FN3O3/c1-12(30-19-8-5-13(22)10-15(19)23)20(28)27-18-11-14(24)6-7-16(18)26-21(29)17-4-2-3-9-25-17/h2-12H,1H3,(H,26,29)(H,27,28). The van der Waals surface area contributed by atoms with Gasteiger partial charge in [-0.05, 0) is 55.5 Å². The van der Waals surface area contributed by atoms with Crippen molar-refractivity contribution in [3.63, 3.8) is 0 Å². The lowest BCUT2D eigenvalue weighted by atomic mass is 10.2. The summed E-state index contributed by atoms with van der Waals surface area (Å²) in [6, 6.07) is 13.1. The Morgan fingerprint density at radius 1 is 1.03 bits per heavy atom. The SMILES string of the molecule is CC(Oc1ccc(Cl)cc1Cl)C(=O)Nc1cc(F)ccc1NC(=O)c1ccccn1. The Kier molecular flexibility index (Phi) is 6.87. The summed E-state index contributed by atoms with van der Waals surface area (Å²) in [6.07, 6.45) is 0.509. The van der Waals surface area contributed by atoms with Crippen LogP contribution in [0.25, 0.3) is 0 Å². The van der Waals surface area contributed by atoms with E-state index >= 15 is 0 Å². The second-order valence-corrected chi connectivity index (χ2v) is 7.03. The summed E-state index contributed by atoms with van der Waals surface area (Å²) < 4.78 is 19.3. The number of rotatable bonds is 6. The summed E-state index contributed by atoms with van der Waals surface area (Å²) in [5.74, 6) is -1.39. The first kappa shape index (κ1) is 21.5. The fourth-order valence-electron chi connectivity index (χ4n) is 2.46. The normalized spacial score (nSPS) is 11.5. The number of carbonyl (C=O) groups excluding carboxylic acids is 2. The Morgan fingerprint density at radius 2 is 1.83 bits per heavy atom. The van der Waals surface area contributed by atoms with E-state index < -0.39 is 23.7 Å². The van der Waals surface area contributed by atoms with Crippen molar-refractivity contribution in [1.29, 1.82) is 0 Å². The van der Waals surface area contributed by atoms with E-state index in [2.05, 4.69) is 15.6 Å². The number of halogens is 3. The number of ether oxygens (including phenoxy) is 1. The largest absolute Gasteiger partial charge is 0.479 e. The summed E-state index contributed by atoms with van der Waals surface area (Å²) in [7, 11) is 0. The second-order valence-electron chi connectivity index (χ2n) is 6.18. The van der Waals surface area contributed by atoms with Crippen LogP contribution in [0, 0.1) is 5.82 Å². The molecule has 0 saturated carbocycles. The van der Waals surface area contributed by atoms with Crippen LogP contribution in [-0.4, -0.2) is 22.9 Å². The van der Waals surface area contributed by atoms with Gasteiger partial charge in [-0.3, -0.25) is 14.6 Å². The molecule has 1 unspecified atom stereocenters. The number of benzene rings is 2. The van der Waals surface area contributed by atoms with Gasteiger partial charge in [-0.2, -0.15) is 0 Å². The highest BCUT2D eigenvalue weighted by atomic mass is 35.5. The molecule has 30 heavy (non-hydrogen) atoms. The predicted octanol–water partition coefficient (Wildman–Crippen LogP) is 5.19. The maximum Gasteiger partial charge on any atom is 0.274 e. The Bertz CT molecular complexity index is 1080. The van der Waals surface area contributed by atoms with E-state index in [1.165, 1.54) is 37.4 Å². The zero-order chi connectivity index (χ0) is 21.7. The van der Waals surface area contributed by atoms with Crippen LogP contribution in [0.15, 0.2) is 60.8 Å². The molecule has 3 aromatic rings. The first-order chi connectivity index (χ1) is 14.3. The lowest BCUT2D eigenvalue weighted by molar-refractivity contribution is -0.122. The number of anilines is 2. The van der Waals surface area contributed by atoms with Crippen molar-refractivity contribution in [3.8, 4) is 5.75 Å². The van der Waals surface area contributed by atoms with Crippen LogP contribution in [0.3, 0.4) is 0 Å². The minimum Gasteiger partial charge on any atom is -0.479 e. The quantitative estimate of drug-likeness (QED) is 0.544. The number of amides is 2. The van der Waals surface area contributed by atoms with Crippen LogP contribution in [0.5, 0.6) is 5.75 Å². The number of pyridine rings is 1. The minimum absolute atomic E-state index is 0.0712. The molecular weight excluding hydrogens is 432 g/mol. The van der Waals surface area contributed by atoms with Crippen molar-refractivity contribution in [2.75, 3.05) is 10.6 Å². The number of carbonyl (C=O) groups is 2. The maximum absolute atomic E-state index is 13.8. The molecule has 1 atom stereocenters. The first-order valence-corrected chi connectivity index (χ1v) is 9.53. The molecule has 2 amide bonds. The van der Waals surface area contributed by atoms with E-state index in [4.69, 9.17) is 27.9 Å². The van der Waals surface area contributed by atoms with E-state index in [0.29, 0.717) is 5.02 Å². The van der Waals surface area contributed by atoms with Gasteiger partial charge in [-0.1, -0.05) is 29.3 Å². The van der Waals surface area contributed by atoms with Gasteiger partial charge < -0.3 is 15.4 Å². The van der Waals surface area contributed by atoms with E-state index in [-0.39, 0.29) is 27.8 Å². The predicted molar refractivity (Wildman–Crippen MR) is 114 cm³/mol. The van der Waals surface area contributed by atoms with Crippen LogP contribution >= 0.6 is 23.2 Å². The van der Waals surface area contributed by atoms with E-state index in [1.54, 1.807) is 18.2 Å². The molecular formula is C21H16Cl2FN3O3. The fourth-order valence-corrected chi connectivity index (χ4v) is 2.91. The van der Waals surface area contributed by atoms with Gasteiger partial charge in [0.25, 0.3) is 11.8 Å². The average molecular weight is 448 g/mol. The van der Waals surface area contributed by atoms with Crippen LogP contribution in [0.2, 0.25) is 10.0 Å². The van der Waals surface area contributed by atoms with Crippen molar-refractivity contribution >= 4 is 46.4 Å². The minimum atomic E-state index is -0.966. The number of hydrogen-bond donors (Lipinski definition) is 2. The van der Waals surface area contributed by atoms with Crippen LogP contribution in [0.1, 0.15) is 17.4 Å². The summed E-state index contributed by atoms with van der Waals surface area (Å²) >= 11 is 11.9. The molecule has 154 valence electrons. The third-order valence-corrected chi connectivity index (χ3v) is 4.48. The Labute approximate surface area is 182 Å². The Hall–Kier alpha value is -3.16. The van der Waals surface area contributed by atoms with Crippen molar-refractivity contribution < 1.29 is 18.7 Å². The molecule has 0 aliphatic carbocycles. The van der Waals surface area contributed by atoms with Crippen molar-refractivity contribution in [2.24, 2.45) is 0 Å². The molecule has 0 radical (unpaired) electrons. The van der Waals surface area contributed by atoms with Crippen molar-refractivity contribution in [2.45, 2.75) is 13.0 Å². The molecule has 3 rings (SSSR count). The van der Waals surface area contributed by atoms with Crippen LogP contribution in [0.4, 0.5) is 15.8 Å². The highest BCUT2D eigenvalue weighted by Gasteiger charge is 2.19. The van der Waals surface area contributed by atoms with Gasteiger partial charge >= 0.3 is 0 Å². The highest BCUT2D eigenvalue weighted by molar-refractivity contribution is 6.35. The number of aromatic nitrogens is 1. The smallest absolute Gasteiger partial charge is 0.274 e. The molecule has 0 spiro atoms. The Morgan fingerprint density at radius 3 is 2.53 bits per heavy atom. The number of hydrogen-bond acceptors (Lipinski definition) is 4. The van der Waals surface area contributed by atoms with Gasteiger partial charge in [0, 0.05) is 11.2 Å². The number of nitrogens with one attached hydrogen (secondary N) is 2. The van der Waals surface area contributed by atoms with Gasteiger partial charge in [0.2, 0.25) is 0 Å². The molecule has 6 nitrogen and oxygen atoms in total. The summed E-state index contributed by atoms with van der Waals surface area (Å²) in [5, 5.41) is 5.83. The fraction of sp³-hybridized carbons (Fsp3) is 0.0952. The number of nitrogens with zero attached hydrogens (tertiary/aromatic N) is 1.